The van der Waals surface area contributed by atoms with E-state index < -0.39 is 31.1 Å². The molecule has 2 aromatic rings. The SMILES string of the molecule is COC(=O)c1ccccc1NC(=O)COC(=O)c1ccc(OC(F)F)c(OC)c1. The lowest BCUT2D eigenvalue weighted by molar-refractivity contribution is -0.119. The van der Waals surface area contributed by atoms with E-state index in [4.69, 9.17) is 9.47 Å². The summed E-state index contributed by atoms with van der Waals surface area (Å²) in [5.74, 6) is -2.58. The van der Waals surface area contributed by atoms with Crippen LogP contribution in [0.15, 0.2) is 42.5 Å². The molecule has 0 spiro atoms. The van der Waals surface area contributed by atoms with Crippen molar-refractivity contribution in [2.24, 2.45) is 0 Å². The van der Waals surface area contributed by atoms with Gasteiger partial charge in [-0.2, -0.15) is 8.78 Å². The second-order valence-corrected chi connectivity index (χ2v) is 5.41. The number of carbonyl (C=O) groups is 3. The van der Waals surface area contributed by atoms with Crippen molar-refractivity contribution in [1.29, 1.82) is 0 Å². The summed E-state index contributed by atoms with van der Waals surface area (Å²) < 4.78 is 43.4. The van der Waals surface area contributed by atoms with Crippen LogP contribution in [-0.2, 0) is 14.3 Å². The van der Waals surface area contributed by atoms with E-state index in [1.165, 1.54) is 32.4 Å². The fraction of sp³-hybridized carbons (Fsp3) is 0.211. The maximum Gasteiger partial charge on any atom is 0.387 e. The Morgan fingerprint density at radius 2 is 1.72 bits per heavy atom. The minimum absolute atomic E-state index is 0.0359. The van der Waals surface area contributed by atoms with Gasteiger partial charge in [-0.05, 0) is 30.3 Å². The van der Waals surface area contributed by atoms with Crippen molar-refractivity contribution in [2.75, 3.05) is 26.1 Å². The predicted octanol–water partition coefficient (Wildman–Crippen LogP) is 2.88. The van der Waals surface area contributed by atoms with Gasteiger partial charge in [0.2, 0.25) is 0 Å². The van der Waals surface area contributed by atoms with Gasteiger partial charge >= 0.3 is 18.6 Å². The van der Waals surface area contributed by atoms with E-state index in [-0.39, 0.29) is 28.3 Å². The molecule has 0 aromatic heterocycles. The third-order valence-electron chi connectivity index (χ3n) is 3.56. The summed E-state index contributed by atoms with van der Waals surface area (Å²) in [6, 6.07) is 9.59. The molecule has 0 atom stereocenters. The molecule has 29 heavy (non-hydrogen) atoms. The topological polar surface area (TPSA) is 100 Å². The molecule has 0 aliphatic rings. The lowest BCUT2D eigenvalue weighted by Gasteiger charge is -2.12. The summed E-state index contributed by atoms with van der Waals surface area (Å²) in [5.41, 5.74) is 0.288. The molecule has 0 aliphatic heterocycles. The second kappa shape index (κ2) is 10.0. The number of anilines is 1. The first kappa shape index (κ1) is 21.6. The fourth-order valence-corrected chi connectivity index (χ4v) is 2.27. The summed E-state index contributed by atoms with van der Waals surface area (Å²) in [6.45, 7) is -3.70. The van der Waals surface area contributed by atoms with E-state index in [1.807, 2.05) is 0 Å². The number of ether oxygens (including phenoxy) is 4. The molecule has 0 fully saturated rings. The number of nitrogens with one attached hydrogen (secondary N) is 1. The fourth-order valence-electron chi connectivity index (χ4n) is 2.27. The van der Waals surface area contributed by atoms with Crippen LogP contribution in [0.5, 0.6) is 11.5 Å². The average Bonchev–Trinajstić information content (AvgIpc) is 2.71. The Morgan fingerprint density at radius 3 is 2.38 bits per heavy atom. The molecule has 8 nitrogen and oxygen atoms in total. The lowest BCUT2D eigenvalue weighted by Crippen LogP contribution is -2.22. The Morgan fingerprint density at radius 1 is 1.00 bits per heavy atom. The van der Waals surface area contributed by atoms with Crippen LogP contribution in [0.1, 0.15) is 20.7 Å². The normalized spacial score (nSPS) is 10.2. The number of alkyl halides is 2. The van der Waals surface area contributed by atoms with Crippen LogP contribution in [0.3, 0.4) is 0 Å². The van der Waals surface area contributed by atoms with Crippen molar-refractivity contribution in [2.45, 2.75) is 6.61 Å². The number of hydrogen-bond acceptors (Lipinski definition) is 7. The van der Waals surface area contributed by atoms with E-state index in [1.54, 1.807) is 12.1 Å². The van der Waals surface area contributed by atoms with Crippen LogP contribution in [0, 0.1) is 0 Å². The van der Waals surface area contributed by atoms with E-state index >= 15 is 0 Å². The Balaban J connectivity index is 2.01. The van der Waals surface area contributed by atoms with E-state index in [0.29, 0.717) is 0 Å². The van der Waals surface area contributed by atoms with Gasteiger partial charge in [0.15, 0.2) is 18.1 Å². The number of halogens is 2. The van der Waals surface area contributed by atoms with Gasteiger partial charge in [0.25, 0.3) is 5.91 Å². The number of esters is 2. The molecule has 1 amide bonds. The van der Waals surface area contributed by atoms with Crippen molar-refractivity contribution in [3.05, 3.63) is 53.6 Å². The maximum absolute atomic E-state index is 12.3. The third kappa shape index (κ3) is 5.89. The number of rotatable bonds is 8. The maximum atomic E-state index is 12.3. The zero-order valence-corrected chi connectivity index (χ0v) is 15.4. The molecule has 0 unspecified atom stereocenters. The Kier molecular flexibility index (Phi) is 7.47. The summed E-state index contributed by atoms with van der Waals surface area (Å²) in [7, 11) is 2.42. The molecular formula is C19H17F2NO7. The minimum atomic E-state index is -3.06. The third-order valence-corrected chi connectivity index (χ3v) is 3.56. The molecule has 0 bridgehead atoms. The molecule has 0 aliphatic carbocycles. The van der Waals surface area contributed by atoms with Crippen LogP contribution in [0.25, 0.3) is 0 Å². The van der Waals surface area contributed by atoms with Crippen LogP contribution in [0.4, 0.5) is 14.5 Å². The van der Waals surface area contributed by atoms with Gasteiger partial charge in [0, 0.05) is 0 Å². The zero-order valence-electron chi connectivity index (χ0n) is 15.4. The minimum Gasteiger partial charge on any atom is -0.493 e. The first-order valence-corrected chi connectivity index (χ1v) is 8.13. The molecule has 1 N–H and O–H groups in total. The Hall–Kier alpha value is -3.69. The smallest absolute Gasteiger partial charge is 0.387 e. The van der Waals surface area contributed by atoms with E-state index in [2.05, 4.69) is 14.8 Å². The van der Waals surface area contributed by atoms with Gasteiger partial charge in [-0.1, -0.05) is 12.1 Å². The number of amides is 1. The monoisotopic (exact) mass is 409 g/mol. The number of hydrogen-bond donors (Lipinski definition) is 1. The van der Waals surface area contributed by atoms with Crippen molar-refractivity contribution < 1.29 is 42.1 Å². The van der Waals surface area contributed by atoms with Gasteiger partial charge in [-0.15, -0.1) is 0 Å². The van der Waals surface area contributed by atoms with Gasteiger partial charge in [-0.3, -0.25) is 4.79 Å². The van der Waals surface area contributed by atoms with Gasteiger partial charge in [-0.25, -0.2) is 9.59 Å². The molecule has 0 saturated heterocycles. The zero-order chi connectivity index (χ0) is 21.4. The molecular weight excluding hydrogens is 392 g/mol. The van der Waals surface area contributed by atoms with Crippen LogP contribution in [0.2, 0.25) is 0 Å². The molecule has 154 valence electrons. The molecule has 0 saturated carbocycles. The van der Waals surface area contributed by atoms with E-state index in [0.717, 1.165) is 12.1 Å². The second-order valence-electron chi connectivity index (χ2n) is 5.41. The highest BCUT2D eigenvalue weighted by atomic mass is 19.3. The van der Waals surface area contributed by atoms with Crippen molar-refractivity contribution >= 4 is 23.5 Å². The number of para-hydroxylation sites is 1. The molecule has 2 aromatic carbocycles. The quantitative estimate of drug-likeness (QED) is 0.669. The number of carbonyl (C=O) groups excluding carboxylic acids is 3. The van der Waals surface area contributed by atoms with Crippen LogP contribution < -0.4 is 14.8 Å². The van der Waals surface area contributed by atoms with Gasteiger partial charge in [0.05, 0.1) is 31.0 Å². The van der Waals surface area contributed by atoms with Crippen LogP contribution >= 0.6 is 0 Å². The summed E-state index contributed by atoms with van der Waals surface area (Å²) in [4.78, 5) is 35.8. The predicted molar refractivity (Wildman–Crippen MR) is 96.3 cm³/mol. The van der Waals surface area contributed by atoms with Crippen molar-refractivity contribution in [3.8, 4) is 11.5 Å². The summed E-state index contributed by atoms with van der Waals surface area (Å²) >= 11 is 0. The Bertz CT molecular complexity index is 902. The number of benzene rings is 2. The molecule has 10 heteroatoms. The highest BCUT2D eigenvalue weighted by Crippen LogP contribution is 2.29. The van der Waals surface area contributed by atoms with E-state index in [9.17, 15) is 23.2 Å². The molecule has 2 rings (SSSR count). The van der Waals surface area contributed by atoms with Gasteiger partial charge in [0.1, 0.15) is 0 Å². The summed E-state index contributed by atoms with van der Waals surface area (Å²) in [5, 5.41) is 2.44. The Labute approximate surface area is 164 Å². The number of methoxy groups -OCH3 is 2. The van der Waals surface area contributed by atoms with Gasteiger partial charge < -0.3 is 24.3 Å². The first-order chi connectivity index (χ1) is 13.8. The highest BCUT2D eigenvalue weighted by molar-refractivity contribution is 6.02. The summed E-state index contributed by atoms with van der Waals surface area (Å²) in [6.07, 6.45) is 0. The average molecular weight is 409 g/mol. The lowest BCUT2D eigenvalue weighted by atomic mass is 10.2. The molecule has 0 heterocycles. The van der Waals surface area contributed by atoms with Crippen molar-refractivity contribution in [3.63, 3.8) is 0 Å². The highest BCUT2D eigenvalue weighted by Gasteiger charge is 2.17. The first-order valence-electron chi connectivity index (χ1n) is 8.13. The molecule has 0 radical (unpaired) electrons. The van der Waals surface area contributed by atoms with Crippen molar-refractivity contribution in [1.82, 2.24) is 0 Å². The largest absolute Gasteiger partial charge is 0.493 e. The van der Waals surface area contributed by atoms with Crippen LogP contribution in [-0.4, -0.2) is 45.3 Å². The standard InChI is InChI=1S/C19H17F2NO7/c1-26-15-9-11(7-8-14(15)29-19(20)21)17(24)28-10-16(23)22-13-6-4-3-5-12(13)18(25)27-2/h3-9,19H,10H2,1-2H3,(H,22,23).